The third-order valence-corrected chi connectivity index (χ3v) is 5.63. The maximum Gasteiger partial charge on any atom is 0.278 e. The molecule has 7 heteroatoms. The second kappa shape index (κ2) is 10.3. The molecule has 0 unspecified atom stereocenters. The van der Waals surface area contributed by atoms with Crippen LogP contribution in [0.1, 0.15) is 45.7 Å². The Morgan fingerprint density at radius 1 is 0.912 bits per heavy atom. The fourth-order valence-corrected chi connectivity index (χ4v) is 3.73. The third-order valence-electron chi connectivity index (χ3n) is 5.63. The average molecular weight is 467 g/mol. The molecule has 0 spiro atoms. The number of rotatable bonds is 9. The number of nitrogens with zero attached hydrogens (tertiary/aromatic N) is 1. The SMILES string of the molecule is COc1ccc(C2=C(Nc3ccc(C(C)(C)C)cc3)C(=O)N(CCOC(C)C)C2=O)cc1OC. The molecule has 1 heterocycles. The molecule has 0 aromatic heterocycles. The van der Waals surface area contributed by atoms with Crippen molar-refractivity contribution in [1.82, 2.24) is 4.90 Å². The lowest BCUT2D eigenvalue weighted by molar-refractivity contribution is -0.137. The van der Waals surface area contributed by atoms with Gasteiger partial charge in [0, 0.05) is 5.69 Å². The van der Waals surface area contributed by atoms with E-state index in [1.165, 1.54) is 17.6 Å². The van der Waals surface area contributed by atoms with Crippen molar-refractivity contribution in [2.45, 2.75) is 46.1 Å². The molecule has 2 aromatic carbocycles. The van der Waals surface area contributed by atoms with Gasteiger partial charge in [-0.05, 0) is 54.7 Å². The average Bonchev–Trinajstić information content (AvgIpc) is 3.02. The Bertz CT molecular complexity index is 1080. The lowest BCUT2D eigenvalue weighted by Gasteiger charge is -2.19. The molecule has 0 saturated heterocycles. The van der Waals surface area contributed by atoms with E-state index < -0.39 is 0 Å². The van der Waals surface area contributed by atoms with Gasteiger partial charge in [-0.1, -0.05) is 39.0 Å². The summed E-state index contributed by atoms with van der Waals surface area (Å²) >= 11 is 0. The van der Waals surface area contributed by atoms with Crippen LogP contribution in [0.25, 0.3) is 5.57 Å². The molecule has 1 N–H and O–H groups in total. The highest BCUT2D eigenvalue weighted by Gasteiger charge is 2.39. The van der Waals surface area contributed by atoms with E-state index in [0.29, 0.717) is 17.1 Å². The number of hydrogen-bond donors (Lipinski definition) is 1. The molecular formula is C27H34N2O5. The molecule has 0 aliphatic carbocycles. The van der Waals surface area contributed by atoms with Crippen LogP contribution in [-0.4, -0.2) is 50.2 Å². The Labute approximate surface area is 201 Å². The highest BCUT2D eigenvalue weighted by molar-refractivity contribution is 6.36. The standard InChI is InChI=1S/C27H34N2O5/c1-17(2)34-15-14-29-25(30)23(18-8-13-21(32-6)22(16-18)33-7)24(26(29)31)28-20-11-9-19(10-12-20)27(3,4)5/h8-13,16-17,28H,14-15H2,1-7H3. The molecule has 182 valence electrons. The van der Waals surface area contributed by atoms with E-state index in [1.807, 2.05) is 38.1 Å². The minimum atomic E-state index is -0.387. The monoisotopic (exact) mass is 466 g/mol. The zero-order valence-electron chi connectivity index (χ0n) is 21.0. The van der Waals surface area contributed by atoms with Crippen LogP contribution in [-0.2, 0) is 19.7 Å². The Morgan fingerprint density at radius 3 is 2.12 bits per heavy atom. The summed E-state index contributed by atoms with van der Waals surface area (Å²) in [6.07, 6.45) is 0.00464. The van der Waals surface area contributed by atoms with E-state index in [-0.39, 0.29) is 47.8 Å². The molecule has 1 aliphatic heterocycles. The fraction of sp³-hybridized carbons (Fsp3) is 0.407. The van der Waals surface area contributed by atoms with E-state index >= 15 is 0 Å². The molecular weight excluding hydrogens is 432 g/mol. The van der Waals surface area contributed by atoms with E-state index in [2.05, 4.69) is 26.1 Å². The van der Waals surface area contributed by atoms with Crippen molar-refractivity contribution < 1.29 is 23.8 Å². The molecule has 0 atom stereocenters. The van der Waals surface area contributed by atoms with Crippen molar-refractivity contribution in [3.05, 3.63) is 59.3 Å². The first-order chi connectivity index (χ1) is 16.1. The predicted octanol–water partition coefficient (Wildman–Crippen LogP) is 4.62. The highest BCUT2D eigenvalue weighted by Crippen LogP contribution is 2.36. The van der Waals surface area contributed by atoms with Crippen LogP contribution in [0.15, 0.2) is 48.2 Å². The highest BCUT2D eigenvalue weighted by atomic mass is 16.5. The van der Waals surface area contributed by atoms with Crippen LogP contribution in [0.3, 0.4) is 0 Å². The summed E-state index contributed by atoms with van der Waals surface area (Å²) in [5.74, 6) is 0.252. The number of nitrogens with one attached hydrogen (secondary N) is 1. The number of methoxy groups -OCH3 is 2. The minimum Gasteiger partial charge on any atom is -0.493 e. The summed E-state index contributed by atoms with van der Waals surface area (Å²) in [5.41, 5.74) is 2.99. The Kier molecular flexibility index (Phi) is 7.67. The van der Waals surface area contributed by atoms with Gasteiger partial charge in [-0.3, -0.25) is 14.5 Å². The van der Waals surface area contributed by atoms with Gasteiger partial charge < -0.3 is 19.5 Å². The van der Waals surface area contributed by atoms with Gasteiger partial charge in [-0.15, -0.1) is 0 Å². The summed E-state index contributed by atoms with van der Waals surface area (Å²) in [5, 5.41) is 3.20. The predicted molar refractivity (Wildman–Crippen MR) is 133 cm³/mol. The molecule has 0 saturated carbocycles. The van der Waals surface area contributed by atoms with Crippen molar-refractivity contribution in [2.24, 2.45) is 0 Å². The molecule has 7 nitrogen and oxygen atoms in total. The second-order valence-corrected chi connectivity index (χ2v) is 9.45. The molecule has 0 radical (unpaired) electrons. The van der Waals surface area contributed by atoms with Crippen LogP contribution in [0.4, 0.5) is 5.69 Å². The lowest BCUT2D eigenvalue weighted by Crippen LogP contribution is -2.35. The van der Waals surface area contributed by atoms with Gasteiger partial charge in [0.1, 0.15) is 5.70 Å². The van der Waals surface area contributed by atoms with Crippen molar-refractivity contribution >= 4 is 23.1 Å². The summed E-state index contributed by atoms with van der Waals surface area (Å²) in [7, 11) is 3.08. The maximum atomic E-state index is 13.4. The Hall–Kier alpha value is -3.32. The first-order valence-electron chi connectivity index (χ1n) is 11.4. The minimum absolute atomic E-state index is 0.00464. The summed E-state index contributed by atoms with van der Waals surface area (Å²) in [4.78, 5) is 28.0. The van der Waals surface area contributed by atoms with Crippen molar-refractivity contribution in [3.8, 4) is 11.5 Å². The number of ether oxygens (including phenoxy) is 3. The topological polar surface area (TPSA) is 77.1 Å². The molecule has 34 heavy (non-hydrogen) atoms. The van der Waals surface area contributed by atoms with Crippen molar-refractivity contribution in [1.29, 1.82) is 0 Å². The number of carbonyl (C=O) groups is 2. The molecule has 0 bridgehead atoms. The molecule has 2 aromatic rings. The summed E-state index contributed by atoms with van der Waals surface area (Å²) < 4.78 is 16.3. The van der Waals surface area contributed by atoms with Gasteiger partial charge in [0.05, 0.1) is 39.0 Å². The Morgan fingerprint density at radius 2 is 1.56 bits per heavy atom. The van der Waals surface area contributed by atoms with E-state index in [1.54, 1.807) is 25.3 Å². The maximum absolute atomic E-state index is 13.4. The van der Waals surface area contributed by atoms with Crippen LogP contribution in [0, 0.1) is 0 Å². The quantitative estimate of drug-likeness (QED) is 0.544. The van der Waals surface area contributed by atoms with E-state index in [0.717, 1.165) is 5.69 Å². The zero-order chi connectivity index (χ0) is 25.0. The van der Waals surface area contributed by atoms with Crippen LogP contribution < -0.4 is 14.8 Å². The fourth-order valence-electron chi connectivity index (χ4n) is 3.73. The first kappa shape index (κ1) is 25.3. The molecule has 1 aliphatic rings. The molecule has 3 rings (SSSR count). The molecule has 2 amide bonds. The number of anilines is 1. The van der Waals surface area contributed by atoms with Gasteiger partial charge in [-0.2, -0.15) is 0 Å². The van der Waals surface area contributed by atoms with Gasteiger partial charge in [0.2, 0.25) is 0 Å². The first-order valence-corrected chi connectivity index (χ1v) is 11.4. The number of imide groups is 1. The molecule has 0 fully saturated rings. The largest absolute Gasteiger partial charge is 0.493 e. The van der Waals surface area contributed by atoms with Gasteiger partial charge in [0.25, 0.3) is 11.8 Å². The van der Waals surface area contributed by atoms with E-state index in [4.69, 9.17) is 14.2 Å². The lowest BCUT2D eigenvalue weighted by atomic mass is 9.87. The smallest absolute Gasteiger partial charge is 0.278 e. The van der Waals surface area contributed by atoms with Crippen molar-refractivity contribution in [2.75, 3.05) is 32.7 Å². The van der Waals surface area contributed by atoms with Crippen molar-refractivity contribution in [3.63, 3.8) is 0 Å². The number of hydrogen-bond acceptors (Lipinski definition) is 6. The van der Waals surface area contributed by atoms with E-state index in [9.17, 15) is 9.59 Å². The summed E-state index contributed by atoms with van der Waals surface area (Å²) in [6.45, 7) is 10.7. The number of benzene rings is 2. The third kappa shape index (κ3) is 5.42. The second-order valence-electron chi connectivity index (χ2n) is 9.45. The number of carbonyl (C=O) groups excluding carboxylic acids is 2. The number of amides is 2. The normalized spacial score (nSPS) is 14.3. The van der Waals surface area contributed by atoms with Gasteiger partial charge in [0.15, 0.2) is 11.5 Å². The van der Waals surface area contributed by atoms with Crippen LogP contribution in [0.5, 0.6) is 11.5 Å². The van der Waals surface area contributed by atoms with Gasteiger partial charge >= 0.3 is 0 Å². The van der Waals surface area contributed by atoms with Crippen LogP contribution >= 0.6 is 0 Å². The van der Waals surface area contributed by atoms with Crippen LogP contribution in [0.2, 0.25) is 0 Å². The Balaban J connectivity index is 2.01. The van der Waals surface area contributed by atoms with Gasteiger partial charge in [-0.25, -0.2) is 0 Å². The summed E-state index contributed by atoms with van der Waals surface area (Å²) in [6, 6.07) is 13.1. The zero-order valence-corrected chi connectivity index (χ0v) is 21.0.